The first-order valence-corrected chi connectivity index (χ1v) is 14.5. The molecule has 0 saturated heterocycles. The Bertz CT molecular complexity index is 958. The number of carbonyl (C=O) groups is 2. The molecule has 0 aliphatic carbocycles. The van der Waals surface area contributed by atoms with Gasteiger partial charge < -0.3 is 15.2 Å². The first-order valence-electron chi connectivity index (χ1n) is 14.5. The number of carboxylic acid groups (broad SMARTS) is 1. The summed E-state index contributed by atoms with van der Waals surface area (Å²) >= 11 is 0. The van der Waals surface area contributed by atoms with E-state index >= 15 is 0 Å². The third kappa shape index (κ3) is 15.1. The van der Waals surface area contributed by atoms with Gasteiger partial charge in [-0.25, -0.2) is 9.97 Å². The first kappa shape index (κ1) is 35.8. The van der Waals surface area contributed by atoms with Crippen LogP contribution in [0.3, 0.4) is 0 Å². The number of hydrogen-bond acceptors (Lipinski definition) is 6. The number of pyridine rings is 2. The van der Waals surface area contributed by atoms with E-state index in [4.69, 9.17) is 4.74 Å². The molecule has 7 heteroatoms. The molecule has 2 aromatic heterocycles. The maximum absolute atomic E-state index is 12.3. The summed E-state index contributed by atoms with van der Waals surface area (Å²) in [4.78, 5) is 32.4. The van der Waals surface area contributed by atoms with Crippen LogP contribution in [0.1, 0.15) is 109 Å². The minimum atomic E-state index is -0.853. The molecule has 0 spiro atoms. The Balaban J connectivity index is 0.00000142. The number of ketones is 1. The van der Waals surface area contributed by atoms with Crippen molar-refractivity contribution in [3.8, 4) is 5.88 Å². The van der Waals surface area contributed by atoms with E-state index in [0.29, 0.717) is 38.0 Å². The largest absolute Gasteiger partial charge is 0.481 e. The predicted molar refractivity (Wildman–Crippen MR) is 162 cm³/mol. The molecule has 7 nitrogen and oxygen atoms in total. The van der Waals surface area contributed by atoms with Gasteiger partial charge >= 0.3 is 5.97 Å². The average Bonchev–Trinajstić information content (AvgIpc) is 2.98. The number of rotatable bonds is 12. The van der Waals surface area contributed by atoms with E-state index in [1.807, 2.05) is 46.8 Å². The zero-order valence-corrected chi connectivity index (χ0v) is 25.3. The summed E-state index contributed by atoms with van der Waals surface area (Å²) in [6.07, 6.45) is 12.0. The van der Waals surface area contributed by atoms with Gasteiger partial charge in [0.15, 0.2) is 0 Å². The number of nitrogens with one attached hydrogen (secondary N) is 1. The number of nitrogens with zero attached hydrogens (tertiary/aromatic N) is 2. The highest BCUT2D eigenvalue weighted by Gasteiger charge is 2.17. The van der Waals surface area contributed by atoms with E-state index in [2.05, 4.69) is 40.4 Å². The van der Waals surface area contributed by atoms with Crippen molar-refractivity contribution < 1.29 is 19.4 Å². The summed E-state index contributed by atoms with van der Waals surface area (Å²) in [6, 6.07) is 7.69. The van der Waals surface area contributed by atoms with Crippen molar-refractivity contribution in [2.75, 3.05) is 19.0 Å². The molecule has 218 valence electrons. The van der Waals surface area contributed by atoms with Crippen molar-refractivity contribution >= 4 is 17.6 Å². The number of aromatic nitrogens is 2. The zero-order chi connectivity index (χ0) is 29.5. The van der Waals surface area contributed by atoms with Gasteiger partial charge in [-0.15, -0.1) is 0 Å². The van der Waals surface area contributed by atoms with Crippen molar-refractivity contribution in [2.24, 2.45) is 0 Å². The molecule has 1 atom stereocenters. The molecule has 0 amide bonds. The highest BCUT2D eigenvalue weighted by Crippen LogP contribution is 2.27. The third-order valence-electron chi connectivity index (χ3n) is 5.95. The summed E-state index contributed by atoms with van der Waals surface area (Å²) in [6.45, 7) is 13.1. The molecule has 1 unspecified atom stereocenters. The normalized spacial score (nSPS) is 12.2. The number of aliphatic carboxylic acids is 1. The fraction of sp³-hybridized carbons (Fsp3) is 0.562. The van der Waals surface area contributed by atoms with Crippen LogP contribution in [0.15, 0.2) is 42.6 Å². The van der Waals surface area contributed by atoms with Crippen LogP contribution in [-0.2, 0) is 22.4 Å². The van der Waals surface area contributed by atoms with E-state index in [0.717, 1.165) is 42.9 Å². The second kappa shape index (κ2) is 22.7. The Morgan fingerprint density at radius 2 is 1.87 bits per heavy atom. The maximum Gasteiger partial charge on any atom is 0.303 e. The van der Waals surface area contributed by atoms with Crippen molar-refractivity contribution in [2.45, 2.75) is 105 Å². The summed E-state index contributed by atoms with van der Waals surface area (Å²) in [5.41, 5.74) is 3.04. The lowest BCUT2D eigenvalue weighted by Gasteiger charge is -2.17. The number of ether oxygens (including phenoxy) is 1. The first-order chi connectivity index (χ1) is 19.0. The number of fused-ring (bicyclic) bond motifs is 1. The molecule has 0 bridgehead atoms. The molecule has 0 aromatic carbocycles. The lowest BCUT2D eigenvalue weighted by molar-refractivity contribution is -0.137. The lowest BCUT2D eigenvalue weighted by atomic mass is 9.91. The molecule has 2 aromatic rings. The minimum absolute atomic E-state index is 0.0221. The van der Waals surface area contributed by atoms with Crippen molar-refractivity contribution in [3.63, 3.8) is 0 Å². The van der Waals surface area contributed by atoms with Gasteiger partial charge in [-0.1, -0.05) is 58.9 Å². The van der Waals surface area contributed by atoms with E-state index in [1.165, 1.54) is 5.56 Å². The molecule has 0 saturated carbocycles. The molecule has 1 aliphatic heterocycles. The lowest BCUT2D eigenvalue weighted by Crippen LogP contribution is -2.14. The summed E-state index contributed by atoms with van der Waals surface area (Å²) in [5.74, 6) is 0.616. The van der Waals surface area contributed by atoms with Gasteiger partial charge in [0.05, 0.1) is 13.5 Å². The minimum Gasteiger partial charge on any atom is -0.481 e. The Labute approximate surface area is 236 Å². The van der Waals surface area contributed by atoms with Gasteiger partial charge in [0.1, 0.15) is 11.6 Å². The standard InChI is InChI=1S/C23H29N3O4.C5H10.2C2H6/c1-30-21-12-8-18(15-25-21)17(14-22(28)29)4-2-6-20(27)11-10-19-9-7-16-5-3-13-24-23(16)26-19;1-3-5-4-2;2*1-2/h7-9,12,15,17H,2-6,10-11,13-14H2,1H3,(H,24,26)(H,28,29);3,5H,4H2,1-2H3;2*1-2H3/b;5-3+;;. The molecule has 0 radical (unpaired) electrons. The Kier molecular flexibility index (Phi) is 20.9. The summed E-state index contributed by atoms with van der Waals surface area (Å²) < 4.78 is 5.06. The average molecular weight is 542 g/mol. The Hall–Kier alpha value is -3.22. The quantitative estimate of drug-likeness (QED) is 0.264. The van der Waals surface area contributed by atoms with Crippen LogP contribution >= 0.6 is 0 Å². The molecule has 1 aliphatic rings. The van der Waals surface area contributed by atoms with Gasteiger partial charge in [0, 0.05) is 37.3 Å². The van der Waals surface area contributed by atoms with Gasteiger partial charge in [-0.3, -0.25) is 9.59 Å². The van der Waals surface area contributed by atoms with Gasteiger partial charge in [-0.2, -0.15) is 0 Å². The number of aryl methyl sites for hydroxylation is 2. The number of anilines is 1. The van der Waals surface area contributed by atoms with Crippen molar-refractivity contribution in [1.29, 1.82) is 0 Å². The van der Waals surface area contributed by atoms with Gasteiger partial charge in [0.25, 0.3) is 0 Å². The van der Waals surface area contributed by atoms with Crippen molar-refractivity contribution in [1.82, 2.24) is 9.97 Å². The fourth-order valence-electron chi connectivity index (χ4n) is 4.03. The molecule has 3 rings (SSSR count). The Morgan fingerprint density at radius 3 is 2.44 bits per heavy atom. The molecule has 3 heterocycles. The molecular formula is C32H51N3O4. The molecule has 2 N–H and O–H groups in total. The predicted octanol–water partition coefficient (Wildman–Crippen LogP) is 7.80. The summed E-state index contributed by atoms with van der Waals surface area (Å²) in [5, 5.41) is 12.5. The maximum atomic E-state index is 12.3. The van der Waals surface area contributed by atoms with Crippen LogP contribution < -0.4 is 10.1 Å². The molecular weight excluding hydrogens is 490 g/mol. The number of carboxylic acids is 1. The fourth-order valence-corrected chi connectivity index (χ4v) is 4.03. The zero-order valence-electron chi connectivity index (χ0n) is 25.3. The Morgan fingerprint density at radius 1 is 1.13 bits per heavy atom. The number of carbonyl (C=O) groups excluding carboxylic acids is 1. The second-order valence-corrected chi connectivity index (χ2v) is 8.68. The topological polar surface area (TPSA) is 101 Å². The van der Waals surface area contributed by atoms with E-state index in [-0.39, 0.29) is 18.1 Å². The monoisotopic (exact) mass is 541 g/mol. The van der Waals surface area contributed by atoms with Crippen LogP contribution in [0, 0.1) is 0 Å². The van der Waals surface area contributed by atoms with Crippen molar-refractivity contribution in [3.05, 3.63) is 59.4 Å². The smallest absolute Gasteiger partial charge is 0.303 e. The highest BCUT2D eigenvalue weighted by molar-refractivity contribution is 5.78. The van der Waals surface area contributed by atoms with E-state index < -0.39 is 5.97 Å². The summed E-state index contributed by atoms with van der Waals surface area (Å²) in [7, 11) is 1.54. The van der Waals surface area contributed by atoms with Crippen LogP contribution in [0.5, 0.6) is 5.88 Å². The molecule has 39 heavy (non-hydrogen) atoms. The van der Waals surface area contributed by atoms with Gasteiger partial charge in [0.2, 0.25) is 5.88 Å². The number of methoxy groups -OCH3 is 1. The SMILES string of the molecule is C/C=C/CC.CC.CC.COc1ccc(C(CCCC(=O)CCc2ccc3c(n2)NCCC3)CC(=O)O)cn1. The van der Waals surface area contributed by atoms with Crippen LogP contribution in [-0.4, -0.2) is 40.5 Å². The third-order valence-corrected chi connectivity index (χ3v) is 5.95. The van der Waals surface area contributed by atoms with E-state index in [1.54, 1.807) is 19.4 Å². The van der Waals surface area contributed by atoms with Crippen LogP contribution in [0.25, 0.3) is 0 Å². The number of Topliss-reactive ketones (excluding diaryl/α,β-unsaturated/α-hetero) is 1. The van der Waals surface area contributed by atoms with Gasteiger partial charge in [-0.05, 0) is 68.6 Å². The number of hydrogen-bond donors (Lipinski definition) is 2. The van der Waals surface area contributed by atoms with E-state index in [9.17, 15) is 14.7 Å². The second-order valence-electron chi connectivity index (χ2n) is 8.68. The van der Waals surface area contributed by atoms with Crippen LogP contribution in [0.2, 0.25) is 0 Å². The number of allylic oxidation sites excluding steroid dienone is 2. The highest BCUT2D eigenvalue weighted by atomic mass is 16.5. The van der Waals surface area contributed by atoms with Crippen LogP contribution in [0.4, 0.5) is 5.82 Å². The molecule has 0 fully saturated rings.